The molecule has 2 aromatic rings. The zero-order valence-corrected chi connectivity index (χ0v) is 14.5. The fraction of sp³-hybridized carbons (Fsp3) is 0.375. The summed E-state index contributed by atoms with van der Waals surface area (Å²) in [6.45, 7) is 0.355. The van der Waals surface area contributed by atoms with Crippen molar-refractivity contribution in [2.24, 2.45) is 13.0 Å². The lowest BCUT2D eigenvalue weighted by molar-refractivity contribution is -0.120. The smallest absolute Gasteiger partial charge is 0.245 e. The lowest BCUT2D eigenvalue weighted by atomic mass is 9.97. The monoisotopic (exact) mass is 366 g/mol. The standard InChI is InChI=1S/C16H19FN4O3S/c1-20-9-8-15(19-20)18-16(22)12-6-10-21(11-7-12)25(23,24)14-5-3-2-4-13(14)17/h2-5,8-9,12H,6-7,10-11H2,1H3,(H,18,19,22). The van der Waals surface area contributed by atoms with Crippen LogP contribution in [0.5, 0.6) is 0 Å². The Kier molecular flexibility index (Phi) is 4.87. The number of carbonyl (C=O) groups is 1. The molecule has 2 heterocycles. The number of benzene rings is 1. The molecule has 0 radical (unpaired) electrons. The number of nitrogens with one attached hydrogen (secondary N) is 1. The summed E-state index contributed by atoms with van der Waals surface area (Å²) in [5.74, 6) is -0.776. The minimum Gasteiger partial charge on any atom is -0.309 e. The molecule has 0 aliphatic carbocycles. The second-order valence-electron chi connectivity index (χ2n) is 5.97. The van der Waals surface area contributed by atoms with E-state index < -0.39 is 15.8 Å². The van der Waals surface area contributed by atoms with Gasteiger partial charge >= 0.3 is 0 Å². The van der Waals surface area contributed by atoms with E-state index in [4.69, 9.17) is 0 Å². The van der Waals surface area contributed by atoms with Crippen molar-refractivity contribution in [3.8, 4) is 0 Å². The van der Waals surface area contributed by atoms with Crippen LogP contribution >= 0.6 is 0 Å². The summed E-state index contributed by atoms with van der Waals surface area (Å²) in [7, 11) is -2.13. The van der Waals surface area contributed by atoms with Gasteiger partial charge in [0.25, 0.3) is 0 Å². The minimum atomic E-state index is -3.89. The van der Waals surface area contributed by atoms with Gasteiger partial charge in [0.05, 0.1) is 0 Å². The van der Waals surface area contributed by atoms with Crippen molar-refractivity contribution in [3.63, 3.8) is 0 Å². The number of amides is 1. The number of piperidine rings is 1. The van der Waals surface area contributed by atoms with Gasteiger partial charge in [-0.15, -0.1) is 0 Å². The van der Waals surface area contributed by atoms with E-state index >= 15 is 0 Å². The molecule has 1 aliphatic heterocycles. The van der Waals surface area contributed by atoms with E-state index in [1.165, 1.54) is 22.5 Å². The van der Waals surface area contributed by atoms with Crippen LogP contribution in [0, 0.1) is 11.7 Å². The number of aromatic nitrogens is 2. The number of aryl methyl sites for hydroxylation is 1. The Morgan fingerprint density at radius 3 is 2.52 bits per heavy atom. The van der Waals surface area contributed by atoms with Gasteiger partial charge in [-0.1, -0.05) is 12.1 Å². The van der Waals surface area contributed by atoms with Crippen LogP contribution in [0.4, 0.5) is 10.2 Å². The summed E-state index contributed by atoms with van der Waals surface area (Å²) in [5, 5.41) is 6.81. The van der Waals surface area contributed by atoms with Gasteiger partial charge in [0, 0.05) is 38.3 Å². The van der Waals surface area contributed by atoms with Crippen molar-refractivity contribution in [3.05, 3.63) is 42.3 Å². The minimum absolute atomic E-state index is 0.178. The topological polar surface area (TPSA) is 84.3 Å². The maximum Gasteiger partial charge on any atom is 0.245 e. The molecule has 1 aromatic heterocycles. The number of nitrogens with zero attached hydrogens (tertiary/aromatic N) is 3. The summed E-state index contributed by atoms with van der Waals surface area (Å²) >= 11 is 0. The lowest BCUT2D eigenvalue weighted by Gasteiger charge is -2.30. The molecule has 134 valence electrons. The predicted molar refractivity (Wildman–Crippen MR) is 89.7 cm³/mol. The van der Waals surface area contributed by atoms with Crippen molar-refractivity contribution in [1.29, 1.82) is 0 Å². The normalized spacial score (nSPS) is 16.7. The maximum atomic E-state index is 13.8. The average molecular weight is 366 g/mol. The van der Waals surface area contributed by atoms with Crippen molar-refractivity contribution in [1.82, 2.24) is 14.1 Å². The second kappa shape index (κ2) is 6.93. The number of rotatable bonds is 4. The molecule has 0 saturated carbocycles. The van der Waals surface area contributed by atoms with Gasteiger partial charge in [-0.25, -0.2) is 12.8 Å². The maximum absolute atomic E-state index is 13.8. The molecule has 1 saturated heterocycles. The summed E-state index contributed by atoms with van der Waals surface area (Å²) in [4.78, 5) is 11.9. The zero-order chi connectivity index (χ0) is 18.0. The second-order valence-corrected chi connectivity index (χ2v) is 7.88. The van der Waals surface area contributed by atoms with Crippen LogP contribution in [0.2, 0.25) is 0 Å². The van der Waals surface area contributed by atoms with Gasteiger partial charge in [-0.05, 0) is 25.0 Å². The lowest BCUT2D eigenvalue weighted by Crippen LogP contribution is -2.41. The summed E-state index contributed by atoms with van der Waals surface area (Å²) in [5.41, 5.74) is 0. The van der Waals surface area contributed by atoms with Gasteiger partial charge in [-0.2, -0.15) is 9.40 Å². The highest BCUT2D eigenvalue weighted by molar-refractivity contribution is 7.89. The van der Waals surface area contributed by atoms with Crippen LogP contribution in [-0.2, 0) is 21.9 Å². The van der Waals surface area contributed by atoms with Gasteiger partial charge in [0.2, 0.25) is 15.9 Å². The third-order valence-corrected chi connectivity index (χ3v) is 6.18. The molecule has 3 rings (SSSR count). The number of halogens is 1. The first kappa shape index (κ1) is 17.6. The highest BCUT2D eigenvalue weighted by Gasteiger charge is 2.33. The molecule has 1 aromatic carbocycles. The molecule has 0 spiro atoms. The van der Waals surface area contributed by atoms with Crippen molar-refractivity contribution >= 4 is 21.7 Å². The fourth-order valence-electron chi connectivity index (χ4n) is 2.86. The number of sulfonamides is 1. The Morgan fingerprint density at radius 1 is 1.24 bits per heavy atom. The van der Waals surface area contributed by atoms with E-state index in [2.05, 4.69) is 10.4 Å². The molecule has 1 aliphatic rings. The van der Waals surface area contributed by atoms with E-state index in [1.807, 2.05) is 0 Å². The van der Waals surface area contributed by atoms with E-state index in [1.54, 1.807) is 24.0 Å². The molecule has 0 bridgehead atoms. The Balaban J connectivity index is 1.63. The first-order valence-electron chi connectivity index (χ1n) is 7.93. The van der Waals surface area contributed by atoms with E-state index in [-0.39, 0.29) is 29.8 Å². The first-order valence-corrected chi connectivity index (χ1v) is 9.37. The quantitative estimate of drug-likeness (QED) is 0.891. The average Bonchev–Trinajstić information content (AvgIpc) is 3.00. The van der Waals surface area contributed by atoms with Crippen LogP contribution in [-0.4, -0.2) is 41.5 Å². The number of anilines is 1. The van der Waals surface area contributed by atoms with Crippen molar-refractivity contribution < 1.29 is 17.6 Å². The van der Waals surface area contributed by atoms with Gasteiger partial charge in [0.15, 0.2) is 5.82 Å². The summed E-state index contributed by atoms with van der Waals surface area (Å²) in [6, 6.07) is 7.01. The molecule has 1 amide bonds. The van der Waals surface area contributed by atoms with Crippen LogP contribution in [0.1, 0.15) is 12.8 Å². The highest BCUT2D eigenvalue weighted by Crippen LogP contribution is 2.25. The van der Waals surface area contributed by atoms with Crippen molar-refractivity contribution in [2.75, 3.05) is 18.4 Å². The highest BCUT2D eigenvalue weighted by atomic mass is 32.2. The Labute approximate surface area is 145 Å². The number of hydrogen-bond acceptors (Lipinski definition) is 4. The molecular formula is C16H19FN4O3S. The zero-order valence-electron chi connectivity index (χ0n) is 13.7. The molecule has 1 fully saturated rings. The molecule has 7 nitrogen and oxygen atoms in total. The largest absolute Gasteiger partial charge is 0.309 e. The molecule has 25 heavy (non-hydrogen) atoms. The van der Waals surface area contributed by atoms with Crippen LogP contribution in [0.3, 0.4) is 0 Å². The SMILES string of the molecule is Cn1ccc(NC(=O)C2CCN(S(=O)(=O)c3ccccc3F)CC2)n1. The van der Waals surface area contributed by atoms with E-state index in [9.17, 15) is 17.6 Å². The Hall–Kier alpha value is -2.26. The van der Waals surface area contributed by atoms with Crippen molar-refractivity contribution in [2.45, 2.75) is 17.7 Å². The van der Waals surface area contributed by atoms with E-state index in [0.717, 1.165) is 6.07 Å². The predicted octanol–water partition coefficient (Wildman–Crippen LogP) is 1.60. The Morgan fingerprint density at radius 2 is 1.92 bits per heavy atom. The van der Waals surface area contributed by atoms with Crippen LogP contribution in [0.25, 0.3) is 0 Å². The molecular weight excluding hydrogens is 347 g/mol. The van der Waals surface area contributed by atoms with Gasteiger partial charge in [0.1, 0.15) is 10.7 Å². The number of carbonyl (C=O) groups excluding carboxylic acids is 1. The molecule has 0 unspecified atom stereocenters. The molecule has 0 atom stereocenters. The number of hydrogen-bond donors (Lipinski definition) is 1. The van der Waals surface area contributed by atoms with Crippen LogP contribution in [0.15, 0.2) is 41.4 Å². The summed E-state index contributed by atoms with van der Waals surface area (Å²) in [6.07, 6.45) is 2.48. The Bertz CT molecular complexity index is 873. The summed E-state index contributed by atoms with van der Waals surface area (Å²) < 4.78 is 41.7. The van der Waals surface area contributed by atoms with Gasteiger partial charge in [-0.3, -0.25) is 9.48 Å². The first-order chi connectivity index (χ1) is 11.9. The van der Waals surface area contributed by atoms with E-state index in [0.29, 0.717) is 18.7 Å². The molecule has 9 heteroatoms. The van der Waals surface area contributed by atoms with Crippen LogP contribution < -0.4 is 5.32 Å². The fourth-order valence-corrected chi connectivity index (χ4v) is 4.40. The molecule has 1 N–H and O–H groups in total. The third-order valence-electron chi connectivity index (χ3n) is 4.24. The van der Waals surface area contributed by atoms with Gasteiger partial charge < -0.3 is 5.32 Å². The third kappa shape index (κ3) is 3.72.